The summed E-state index contributed by atoms with van der Waals surface area (Å²) >= 11 is 0. The van der Waals surface area contributed by atoms with Crippen molar-refractivity contribution in [3.8, 4) is 0 Å². The van der Waals surface area contributed by atoms with Gasteiger partial charge < -0.3 is 16.2 Å². The van der Waals surface area contributed by atoms with Gasteiger partial charge in [0.1, 0.15) is 5.54 Å². The van der Waals surface area contributed by atoms with Crippen LogP contribution in [0.25, 0.3) is 0 Å². The number of nitrogens with two attached hydrogens (primary N) is 1. The van der Waals surface area contributed by atoms with E-state index in [0.717, 1.165) is 19.3 Å². The summed E-state index contributed by atoms with van der Waals surface area (Å²) in [4.78, 5) is 23.6. The molecule has 0 radical (unpaired) electrons. The normalized spacial score (nSPS) is 30.4. The molecule has 1 amide bonds. The molecule has 1 aliphatic carbocycles. The summed E-state index contributed by atoms with van der Waals surface area (Å²) in [6.07, 6.45) is 3.42. The fourth-order valence-electron chi connectivity index (χ4n) is 2.48. The molecule has 2 unspecified atom stereocenters. The van der Waals surface area contributed by atoms with Crippen molar-refractivity contribution in [3.63, 3.8) is 0 Å². The Kier molecular flexibility index (Phi) is 5.35. The average molecular weight is 270 g/mol. The predicted molar refractivity (Wildman–Crippen MR) is 73.6 cm³/mol. The van der Waals surface area contributed by atoms with Crippen LogP contribution >= 0.6 is 0 Å². The van der Waals surface area contributed by atoms with Crippen molar-refractivity contribution >= 4 is 11.9 Å². The maximum absolute atomic E-state index is 12.1. The van der Waals surface area contributed by atoms with E-state index in [9.17, 15) is 14.7 Å². The number of carbonyl (C=O) groups excluding carboxylic acids is 1. The minimum Gasteiger partial charge on any atom is -0.480 e. The van der Waals surface area contributed by atoms with Crippen molar-refractivity contribution in [2.75, 3.05) is 0 Å². The Morgan fingerprint density at radius 2 is 1.95 bits per heavy atom. The van der Waals surface area contributed by atoms with E-state index in [1.54, 1.807) is 0 Å². The lowest BCUT2D eigenvalue weighted by atomic mass is 9.77. The number of carbonyl (C=O) groups is 2. The molecule has 1 rings (SSSR count). The number of amides is 1. The summed E-state index contributed by atoms with van der Waals surface area (Å²) in [7, 11) is 0. The number of carboxylic acid groups (broad SMARTS) is 1. The molecule has 0 aromatic rings. The third-order valence-electron chi connectivity index (χ3n) is 4.46. The molecular weight excluding hydrogens is 244 g/mol. The van der Waals surface area contributed by atoms with E-state index < -0.39 is 17.6 Å². The topological polar surface area (TPSA) is 92.4 Å². The van der Waals surface area contributed by atoms with E-state index in [4.69, 9.17) is 5.73 Å². The summed E-state index contributed by atoms with van der Waals surface area (Å²) in [5, 5.41) is 12.1. The van der Waals surface area contributed by atoms with Gasteiger partial charge in [-0.2, -0.15) is 0 Å². The van der Waals surface area contributed by atoms with Gasteiger partial charge in [0.25, 0.3) is 0 Å². The maximum Gasteiger partial charge on any atom is 0.329 e. The molecule has 0 aliphatic heterocycles. The summed E-state index contributed by atoms with van der Waals surface area (Å²) in [6, 6.07) is -0.638. The molecule has 5 nitrogen and oxygen atoms in total. The van der Waals surface area contributed by atoms with Gasteiger partial charge in [0.15, 0.2) is 0 Å². The Morgan fingerprint density at radius 1 is 1.42 bits per heavy atom. The molecule has 5 heteroatoms. The summed E-state index contributed by atoms with van der Waals surface area (Å²) in [5.41, 5.74) is 4.75. The summed E-state index contributed by atoms with van der Waals surface area (Å²) in [5.74, 6) is -0.712. The molecule has 0 heterocycles. The van der Waals surface area contributed by atoms with Crippen LogP contribution in [-0.2, 0) is 9.59 Å². The Hall–Kier alpha value is -1.10. The van der Waals surface area contributed by atoms with Gasteiger partial charge >= 0.3 is 5.97 Å². The number of hydrogen-bond donors (Lipinski definition) is 3. The first-order chi connectivity index (χ1) is 8.82. The SMILES string of the molecule is CCC(C)C(N)C(=O)NC1(C(=O)O)CCC(C)CC1. The van der Waals surface area contributed by atoms with Crippen LogP contribution in [0.5, 0.6) is 0 Å². The molecule has 4 N–H and O–H groups in total. The Labute approximate surface area is 114 Å². The lowest BCUT2D eigenvalue weighted by Crippen LogP contribution is -2.60. The van der Waals surface area contributed by atoms with Crippen molar-refractivity contribution in [2.45, 2.75) is 64.5 Å². The monoisotopic (exact) mass is 270 g/mol. The van der Waals surface area contributed by atoms with Crippen LogP contribution in [0.2, 0.25) is 0 Å². The maximum atomic E-state index is 12.1. The van der Waals surface area contributed by atoms with E-state index >= 15 is 0 Å². The van der Waals surface area contributed by atoms with Gasteiger partial charge in [0, 0.05) is 0 Å². The number of carboxylic acids is 1. The van der Waals surface area contributed by atoms with Crippen molar-refractivity contribution in [1.29, 1.82) is 0 Å². The van der Waals surface area contributed by atoms with Gasteiger partial charge in [-0.05, 0) is 37.5 Å². The zero-order chi connectivity index (χ0) is 14.6. The molecule has 0 aromatic carbocycles. The fourth-order valence-corrected chi connectivity index (χ4v) is 2.48. The Bertz CT molecular complexity index is 336. The van der Waals surface area contributed by atoms with Crippen molar-refractivity contribution in [3.05, 3.63) is 0 Å². The van der Waals surface area contributed by atoms with Crippen LogP contribution in [0.4, 0.5) is 0 Å². The van der Waals surface area contributed by atoms with E-state index in [1.807, 2.05) is 13.8 Å². The number of aliphatic carboxylic acids is 1. The van der Waals surface area contributed by atoms with E-state index in [2.05, 4.69) is 12.2 Å². The zero-order valence-corrected chi connectivity index (χ0v) is 12.1. The van der Waals surface area contributed by atoms with Gasteiger partial charge in [0.2, 0.25) is 5.91 Å². The lowest BCUT2D eigenvalue weighted by molar-refractivity contribution is -0.150. The van der Waals surface area contributed by atoms with Crippen molar-refractivity contribution in [1.82, 2.24) is 5.32 Å². The molecule has 0 bridgehead atoms. The zero-order valence-electron chi connectivity index (χ0n) is 12.1. The van der Waals surface area contributed by atoms with Crippen LogP contribution in [-0.4, -0.2) is 28.6 Å². The van der Waals surface area contributed by atoms with Crippen LogP contribution in [0, 0.1) is 11.8 Å². The van der Waals surface area contributed by atoms with E-state index in [1.165, 1.54) is 0 Å². The molecule has 110 valence electrons. The standard InChI is InChI=1S/C14H26N2O3/c1-4-10(3)11(15)12(17)16-14(13(18)19)7-5-9(2)6-8-14/h9-11H,4-8,15H2,1-3H3,(H,16,17)(H,18,19). The van der Waals surface area contributed by atoms with Crippen LogP contribution in [0.3, 0.4) is 0 Å². The van der Waals surface area contributed by atoms with Gasteiger partial charge in [-0.15, -0.1) is 0 Å². The number of nitrogens with one attached hydrogen (secondary N) is 1. The third kappa shape index (κ3) is 3.69. The van der Waals surface area contributed by atoms with Crippen LogP contribution in [0.15, 0.2) is 0 Å². The highest BCUT2D eigenvalue weighted by molar-refractivity contribution is 5.89. The Morgan fingerprint density at radius 3 is 2.37 bits per heavy atom. The number of rotatable bonds is 5. The highest BCUT2D eigenvalue weighted by atomic mass is 16.4. The highest BCUT2D eigenvalue weighted by Gasteiger charge is 2.43. The van der Waals surface area contributed by atoms with Gasteiger partial charge in [0.05, 0.1) is 6.04 Å². The molecule has 1 fully saturated rings. The minimum atomic E-state index is -1.12. The summed E-state index contributed by atoms with van der Waals surface area (Å²) < 4.78 is 0. The van der Waals surface area contributed by atoms with Gasteiger partial charge in [-0.3, -0.25) is 4.79 Å². The fraction of sp³-hybridized carbons (Fsp3) is 0.857. The van der Waals surface area contributed by atoms with Gasteiger partial charge in [-0.1, -0.05) is 27.2 Å². The first kappa shape index (κ1) is 16.0. The van der Waals surface area contributed by atoms with Crippen molar-refractivity contribution < 1.29 is 14.7 Å². The quantitative estimate of drug-likeness (QED) is 0.706. The molecule has 0 spiro atoms. The van der Waals surface area contributed by atoms with E-state index in [0.29, 0.717) is 18.8 Å². The second-order valence-corrected chi connectivity index (χ2v) is 5.97. The van der Waals surface area contributed by atoms with Crippen molar-refractivity contribution in [2.24, 2.45) is 17.6 Å². The molecule has 0 aromatic heterocycles. The number of hydrogen-bond acceptors (Lipinski definition) is 3. The lowest BCUT2D eigenvalue weighted by Gasteiger charge is -2.37. The first-order valence-corrected chi connectivity index (χ1v) is 7.13. The van der Waals surface area contributed by atoms with Gasteiger partial charge in [-0.25, -0.2) is 4.79 Å². The van der Waals surface area contributed by atoms with E-state index in [-0.39, 0.29) is 11.8 Å². The van der Waals surface area contributed by atoms with Crippen LogP contribution < -0.4 is 11.1 Å². The second-order valence-electron chi connectivity index (χ2n) is 5.97. The largest absolute Gasteiger partial charge is 0.480 e. The molecule has 2 atom stereocenters. The highest BCUT2D eigenvalue weighted by Crippen LogP contribution is 2.32. The summed E-state index contributed by atoms with van der Waals surface area (Å²) in [6.45, 7) is 5.98. The smallest absolute Gasteiger partial charge is 0.329 e. The molecule has 0 saturated heterocycles. The molecule has 1 saturated carbocycles. The second kappa shape index (κ2) is 6.37. The average Bonchev–Trinajstić information content (AvgIpc) is 2.39. The first-order valence-electron chi connectivity index (χ1n) is 7.13. The van der Waals surface area contributed by atoms with Crippen LogP contribution in [0.1, 0.15) is 52.9 Å². The Balaban J connectivity index is 2.74. The molecule has 1 aliphatic rings. The molecule has 19 heavy (non-hydrogen) atoms. The predicted octanol–water partition coefficient (Wildman–Crippen LogP) is 1.51. The third-order valence-corrected chi connectivity index (χ3v) is 4.46. The minimum absolute atomic E-state index is 0.0494. The molecular formula is C14H26N2O3.